The first kappa shape index (κ1) is 13.0. The standard InChI is InChI=1S/C16H16N6/c1-22(11-2-4-18-8-11)14-3-5-19-16-15(14)12-6-10(7-17)20-9-13(12)21-16/h3,5-6,9,11,18H,2,4,8H2,1H3,(H,19,21). The van der Waals surface area contributed by atoms with Crippen molar-refractivity contribution in [3.63, 3.8) is 0 Å². The van der Waals surface area contributed by atoms with Crippen LogP contribution in [0, 0.1) is 11.3 Å². The largest absolute Gasteiger partial charge is 0.370 e. The highest BCUT2D eigenvalue weighted by Crippen LogP contribution is 2.33. The molecule has 2 N–H and O–H groups in total. The Labute approximate surface area is 127 Å². The SMILES string of the molecule is CN(c1ccnc2[nH]c3cnc(C#N)cc3c12)C1CCNC1. The molecule has 0 bridgehead atoms. The van der Waals surface area contributed by atoms with Gasteiger partial charge in [0.1, 0.15) is 17.4 Å². The minimum absolute atomic E-state index is 0.424. The molecule has 0 radical (unpaired) electrons. The molecule has 1 fully saturated rings. The summed E-state index contributed by atoms with van der Waals surface area (Å²) in [7, 11) is 2.12. The zero-order valence-electron chi connectivity index (χ0n) is 12.3. The number of rotatable bonds is 2. The third-order valence-corrected chi connectivity index (χ3v) is 4.43. The Kier molecular flexibility index (Phi) is 2.94. The summed E-state index contributed by atoms with van der Waals surface area (Å²) in [4.78, 5) is 14.2. The van der Waals surface area contributed by atoms with Crippen LogP contribution in [-0.2, 0) is 0 Å². The molecule has 1 aliphatic rings. The van der Waals surface area contributed by atoms with Crippen LogP contribution in [0.15, 0.2) is 24.5 Å². The van der Waals surface area contributed by atoms with Crippen molar-refractivity contribution in [3.05, 3.63) is 30.2 Å². The van der Waals surface area contributed by atoms with Gasteiger partial charge in [-0.15, -0.1) is 0 Å². The first-order chi connectivity index (χ1) is 10.8. The number of hydrogen-bond donors (Lipinski definition) is 2. The molecule has 1 atom stereocenters. The van der Waals surface area contributed by atoms with Gasteiger partial charge in [-0.1, -0.05) is 0 Å². The molecule has 0 amide bonds. The van der Waals surface area contributed by atoms with Crippen molar-refractivity contribution in [1.29, 1.82) is 5.26 Å². The third kappa shape index (κ3) is 1.90. The number of nitrogens with one attached hydrogen (secondary N) is 2. The van der Waals surface area contributed by atoms with Crippen LogP contribution in [0.1, 0.15) is 12.1 Å². The number of aromatic nitrogens is 3. The van der Waals surface area contributed by atoms with Crippen LogP contribution in [0.4, 0.5) is 5.69 Å². The van der Waals surface area contributed by atoms with Crippen molar-refractivity contribution in [3.8, 4) is 6.07 Å². The zero-order chi connectivity index (χ0) is 15.1. The van der Waals surface area contributed by atoms with Crippen LogP contribution in [0.5, 0.6) is 0 Å². The lowest BCUT2D eigenvalue weighted by Crippen LogP contribution is -2.33. The molecule has 0 saturated carbocycles. The lowest BCUT2D eigenvalue weighted by Gasteiger charge is -2.26. The van der Waals surface area contributed by atoms with E-state index in [2.05, 4.69) is 38.3 Å². The van der Waals surface area contributed by atoms with E-state index in [4.69, 9.17) is 5.26 Å². The smallest absolute Gasteiger partial charge is 0.141 e. The number of aromatic amines is 1. The highest BCUT2D eigenvalue weighted by Gasteiger charge is 2.22. The summed E-state index contributed by atoms with van der Waals surface area (Å²) in [5.41, 5.74) is 3.31. The molecule has 1 saturated heterocycles. The number of anilines is 1. The number of fused-ring (bicyclic) bond motifs is 3. The molecule has 4 rings (SSSR count). The molecule has 4 heterocycles. The summed E-state index contributed by atoms with van der Waals surface area (Å²) >= 11 is 0. The maximum absolute atomic E-state index is 9.10. The van der Waals surface area contributed by atoms with Gasteiger partial charge in [0.05, 0.1) is 17.1 Å². The monoisotopic (exact) mass is 292 g/mol. The first-order valence-corrected chi connectivity index (χ1v) is 7.38. The van der Waals surface area contributed by atoms with Gasteiger partial charge < -0.3 is 15.2 Å². The summed E-state index contributed by atoms with van der Waals surface area (Å²) in [6, 6.07) is 6.46. The number of pyridine rings is 2. The predicted molar refractivity (Wildman–Crippen MR) is 85.8 cm³/mol. The molecule has 1 unspecified atom stereocenters. The Bertz CT molecular complexity index is 885. The topological polar surface area (TPSA) is 80.6 Å². The molecular weight excluding hydrogens is 276 g/mol. The maximum Gasteiger partial charge on any atom is 0.141 e. The Morgan fingerprint density at radius 2 is 2.32 bits per heavy atom. The van der Waals surface area contributed by atoms with Gasteiger partial charge in [0.25, 0.3) is 0 Å². The van der Waals surface area contributed by atoms with Gasteiger partial charge in [-0.2, -0.15) is 5.26 Å². The molecule has 3 aromatic rings. The fourth-order valence-electron chi connectivity index (χ4n) is 3.22. The van der Waals surface area contributed by atoms with Crippen molar-refractivity contribution in [2.45, 2.75) is 12.5 Å². The van der Waals surface area contributed by atoms with Gasteiger partial charge in [-0.25, -0.2) is 9.97 Å². The molecular formula is C16H16N6. The van der Waals surface area contributed by atoms with E-state index in [0.717, 1.165) is 47.1 Å². The van der Waals surface area contributed by atoms with Gasteiger partial charge in [0.2, 0.25) is 0 Å². The predicted octanol–water partition coefficient (Wildman–Crippen LogP) is 1.78. The summed E-state index contributed by atoms with van der Waals surface area (Å²) < 4.78 is 0. The number of hydrogen-bond acceptors (Lipinski definition) is 5. The molecule has 0 aliphatic carbocycles. The van der Waals surface area contributed by atoms with Crippen molar-refractivity contribution < 1.29 is 0 Å². The van der Waals surface area contributed by atoms with Crippen molar-refractivity contribution in [2.75, 3.05) is 25.0 Å². The van der Waals surface area contributed by atoms with E-state index in [1.165, 1.54) is 0 Å². The van der Waals surface area contributed by atoms with E-state index in [-0.39, 0.29) is 0 Å². The minimum atomic E-state index is 0.424. The Hall–Kier alpha value is -2.65. The highest BCUT2D eigenvalue weighted by molar-refractivity contribution is 6.12. The average Bonchev–Trinajstić information content (AvgIpc) is 3.20. The summed E-state index contributed by atoms with van der Waals surface area (Å²) in [6.07, 6.45) is 4.66. The van der Waals surface area contributed by atoms with Crippen LogP contribution in [0.3, 0.4) is 0 Å². The van der Waals surface area contributed by atoms with E-state index < -0.39 is 0 Å². The van der Waals surface area contributed by atoms with Gasteiger partial charge >= 0.3 is 0 Å². The number of nitriles is 1. The Morgan fingerprint density at radius 1 is 1.41 bits per heavy atom. The molecule has 6 heteroatoms. The van der Waals surface area contributed by atoms with E-state index in [1.807, 2.05) is 18.3 Å². The van der Waals surface area contributed by atoms with Gasteiger partial charge in [0, 0.05) is 36.9 Å². The van der Waals surface area contributed by atoms with E-state index in [9.17, 15) is 0 Å². The molecule has 1 aliphatic heterocycles. The number of likely N-dealkylation sites (N-methyl/N-ethyl adjacent to an activating group) is 1. The Balaban J connectivity index is 1.96. The van der Waals surface area contributed by atoms with Crippen molar-refractivity contribution >= 4 is 27.6 Å². The lowest BCUT2D eigenvalue weighted by atomic mass is 10.1. The average molecular weight is 292 g/mol. The normalized spacial score (nSPS) is 17.9. The zero-order valence-corrected chi connectivity index (χ0v) is 12.3. The van der Waals surface area contributed by atoms with Crippen LogP contribution < -0.4 is 10.2 Å². The van der Waals surface area contributed by atoms with E-state index in [1.54, 1.807) is 6.20 Å². The second kappa shape index (κ2) is 4.97. The van der Waals surface area contributed by atoms with Gasteiger partial charge in [-0.05, 0) is 25.1 Å². The first-order valence-electron chi connectivity index (χ1n) is 7.38. The van der Waals surface area contributed by atoms with Crippen LogP contribution in [0.2, 0.25) is 0 Å². The lowest BCUT2D eigenvalue weighted by molar-refractivity contribution is 0.687. The van der Waals surface area contributed by atoms with Gasteiger partial charge in [0.15, 0.2) is 0 Å². The molecule has 22 heavy (non-hydrogen) atoms. The highest BCUT2D eigenvalue weighted by atomic mass is 15.2. The maximum atomic E-state index is 9.10. The fourth-order valence-corrected chi connectivity index (χ4v) is 3.22. The van der Waals surface area contributed by atoms with Crippen LogP contribution in [0.25, 0.3) is 21.9 Å². The Morgan fingerprint density at radius 3 is 3.09 bits per heavy atom. The molecule has 6 nitrogen and oxygen atoms in total. The molecule has 0 spiro atoms. The third-order valence-electron chi connectivity index (χ3n) is 4.43. The second-order valence-corrected chi connectivity index (χ2v) is 5.66. The molecule has 110 valence electrons. The fraction of sp³-hybridized carbons (Fsp3) is 0.312. The van der Waals surface area contributed by atoms with Gasteiger partial charge in [-0.3, -0.25) is 0 Å². The van der Waals surface area contributed by atoms with E-state index in [0.29, 0.717) is 11.7 Å². The number of H-pyrrole nitrogens is 1. The summed E-state index contributed by atoms with van der Waals surface area (Å²) in [5.74, 6) is 0. The molecule has 3 aromatic heterocycles. The van der Waals surface area contributed by atoms with E-state index >= 15 is 0 Å². The second-order valence-electron chi connectivity index (χ2n) is 5.66. The summed E-state index contributed by atoms with van der Waals surface area (Å²) in [6.45, 7) is 2.05. The quantitative estimate of drug-likeness (QED) is 0.752. The molecule has 0 aromatic carbocycles. The van der Waals surface area contributed by atoms with Crippen molar-refractivity contribution in [2.24, 2.45) is 0 Å². The number of nitrogens with zero attached hydrogens (tertiary/aromatic N) is 4. The van der Waals surface area contributed by atoms with Crippen molar-refractivity contribution in [1.82, 2.24) is 20.3 Å². The minimum Gasteiger partial charge on any atom is -0.370 e. The van der Waals surface area contributed by atoms with Crippen LogP contribution in [-0.4, -0.2) is 41.1 Å². The summed E-state index contributed by atoms with van der Waals surface area (Å²) in [5, 5.41) is 14.6. The van der Waals surface area contributed by atoms with Crippen LogP contribution >= 0.6 is 0 Å².